The Labute approximate surface area is 120 Å². The van der Waals surface area contributed by atoms with Crippen molar-refractivity contribution in [1.82, 2.24) is 15.5 Å². The van der Waals surface area contributed by atoms with E-state index in [9.17, 15) is 9.59 Å². The van der Waals surface area contributed by atoms with Crippen LogP contribution in [0.25, 0.3) is 0 Å². The minimum Gasteiger partial charge on any atom is -0.481 e. The third-order valence-corrected chi connectivity index (χ3v) is 3.83. The van der Waals surface area contributed by atoms with Crippen LogP contribution in [0.5, 0.6) is 0 Å². The number of aliphatic carboxylic acids is 1. The van der Waals surface area contributed by atoms with Gasteiger partial charge >= 0.3 is 12.0 Å². The molecule has 2 amide bonds. The molecule has 0 aromatic heterocycles. The molecule has 0 aromatic rings. The Kier molecular flexibility index (Phi) is 7.36. The predicted octanol–water partition coefficient (Wildman–Crippen LogP) is 1.27. The maximum absolute atomic E-state index is 11.7. The third-order valence-electron chi connectivity index (χ3n) is 3.83. The van der Waals surface area contributed by atoms with Gasteiger partial charge in [-0.2, -0.15) is 0 Å². The summed E-state index contributed by atoms with van der Waals surface area (Å²) in [5.41, 5.74) is 0. The highest BCUT2D eigenvalue weighted by Gasteiger charge is 2.18. The molecule has 1 aliphatic heterocycles. The van der Waals surface area contributed by atoms with Crippen LogP contribution < -0.4 is 10.6 Å². The molecule has 3 N–H and O–H groups in total. The zero-order chi connectivity index (χ0) is 15.0. The third kappa shape index (κ3) is 7.33. The average molecular weight is 285 g/mol. The van der Waals surface area contributed by atoms with Crippen molar-refractivity contribution in [2.75, 3.05) is 26.7 Å². The van der Waals surface area contributed by atoms with E-state index in [4.69, 9.17) is 5.11 Å². The molecule has 0 saturated carbocycles. The molecule has 0 bridgehead atoms. The number of likely N-dealkylation sites (tertiary alicyclic amines) is 1. The second kappa shape index (κ2) is 8.79. The zero-order valence-electron chi connectivity index (χ0n) is 12.5. The monoisotopic (exact) mass is 285 g/mol. The molecule has 1 saturated heterocycles. The number of nitrogens with one attached hydrogen (secondary N) is 2. The number of carboxylic acids is 1. The average Bonchev–Trinajstić information content (AvgIpc) is 2.39. The van der Waals surface area contributed by atoms with Gasteiger partial charge in [0, 0.05) is 19.0 Å². The van der Waals surface area contributed by atoms with Crippen LogP contribution in [0.1, 0.15) is 39.0 Å². The number of nitrogens with zero attached hydrogens (tertiary/aromatic N) is 1. The van der Waals surface area contributed by atoms with E-state index < -0.39 is 5.97 Å². The van der Waals surface area contributed by atoms with Crippen LogP contribution in [0.4, 0.5) is 4.79 Å². The lowest BCUT2D eigenvalue weighted by molar-refractivity contribution is -0.137. The first-order valence-electron chi connectivity index (χ1n) is 7.42. The van der Waals surface area contributed by atoms with Crippen molar-refractivity contribution < 1.29 is 14.7 Å². The lowest BCUT2D eigenvalue weighted by atomic mass is 10.0. The van der Waals surface area contributed by atoms with Crippen molar-refractivity contribution in [2.24, 2.45) is 5.92 Å². The number of piperidine rings is 1. The molecular formula is C14H27N3O3. The van der Waals surface area contributed by atoms with Crippen LogP contribution in [-0.4, -0.2) is 54.7 Å². The van der Waals surface area contributed by atoms with Gasteiger partial charge in [0.05, 0.1) is 0 Å². The molecule has 0 radical (unpaired) electrons. The zero-order valence-corrected chi connectivity index (χ0v) is 12.5. The first-order chi connectivity index (χ1) is 9.47. The number of amides is 2. The van der Waals surface area contributed by atoms with E-state index in [2.05, 4.69) is 22.6 Å². The fourth-order valence-electron chi connectivity index (χ4n) is 2.34. The molecule has 1 rings (SSSR count). The standard InChI is InChI=1S/C14H27N3O3/c1-11(3-4-13(18)19)5-8-15-14(20)16-12-6-9-17(2)10-7-12/h11-12H,3-10H2,1-2H3,(H,18,19)(H2,15,16,20). The Morgan fingerprint density at radius 2 is 1.95 bits per heavy atom. The summed E-state index contributed by atoms with van der Waals surface area (Å²) in [7, 11) is 2.09. The number of carbonyl (C=O) groups excluding carboxylic acids is 1. The molecule has 0 aromatic carbocycles. The van der Waals surface area contributed by atoms with Crippen molar-refractivity contribution in [2.45, 2.75) is 45.1 Å². The van der Waals surface area contributed by atoms with Crippen LogP contribution >= 0.6 is 0 Å². The van der Waals surface area contributed by atoms with Gasteiger partial charge in [0.15, 0.2) is 0 Å². The van der Waals surface area contributed by atoms with Crippen LogP contribution in [0.15, 0.2) is 0 Å². The molecule has 1 unspecified atom stereocenters. The molecule has 6 heteroatoms. The highest BCUT2D eigenvalue weighted by molar-refractivity contribution is 5.74. The highest BCUT2D eigenvalue weighted by atomic mass is 16.4. The van der Waals surface area contributed by atoms with E-state index in [-0.39, 0.29) is 18.5 Å². The molecule has 116 valence electrons. The Morgan fingerprint density at radius 1 is 1.30 bits per heavy atom. The molecule has 1 heterocycles. The smallest absolute Gasteiger partial charge is 0.315 e. The first-order valence-corrected chi connectivity index (χ1v) is 7.42. The van der Waals surface area contributed by atoms with Gasteiger partial charge < -0.3 is 20.6 Å². The predicted molar refractivity (Wildman–Crippen MR) is 77.7 cm³/mol. The normalized spacial score (nSPS) is 18.5. The summed E-state index contributed by atoms with van der Waals surface area (Å²) in [5.74, 6) is -0.445. The SMILES string of the molecule is CC(CCNC(=O)NC1CCN(C)CC1)CCC(=O)O. The second-order valence-electron chi connectivity index (χ2n) is 5.80. The minimum absolute atomic E-state index is 0.106. The van der Waals surface area contributed by atoms with Crippen molar-refractivity contribution >= 4 is 12.0 Å². The van der Waals surface area contributed by atoms with Gasteiger partial charge in [-0.15, -0.1) is 0 Å². The molecule has 1 aliphatic rings. The summed E-state index contributed by atoms with van der Waals surface area (Å²) in [6, 6.07) is 0.167. The first kappa shape index (κ1) is 16.8. The molecule has 1 fully saturated rings. The number of carbonyl (C=O) groups is 2. The maximum atomic E-state index is 11.7. The number of hydrogen-bond acceptors (Lipinski definition) is 3. The van der Waals surface area contributed by atoms with Crippen LogP contribution in [0.2, 0.25) is 0 Å². The number of hydrogen-bond donors (Lipinski definition) is 3. The van der Waals surface area contributed by atoms with Gasteiger partial charge in [0.2, 0.25) is 0 Å². The highest BCUT2D eigenvalue weighted by Crippen LogP contribution is 2.09. The van der Waals surface area contributed by atoms with E-state index >= 15 is 0 Å². The molecular weight excluding hydrogens is 258 g/mol. The summed E-state index contributed by atoms with van der Waals surface area (Å²) in [5, 5.41) is 14.4. The van der Waals surface area contributed by atoms with Crippen molar-refractivity contribution in [3.8, 4) is 0 Å². The summed E-state index contributed by atoms with van der Waals surface area (Å²) in [6.45, 7) is 4.66. The number of urea groups is 1. The van der Waals surface area contributed by atoms with E-state index in [0.29, 0.717) is 18.9 Å². The van der Waals surface area contributed by atoms with Crippen molar-refractivity contribution in [3.05, 3.63) is 0 Å². The fourth-order valence-corrected chi connectivity index (χ4v) is 2.34. The van der Waals surface area contributed by atoms with Crippen molar-refractivity contribution in [1.29, 1.82) is 0 Å². The molecule has 0 spiro atoms. The van der Waals surface area contributed by atoms with Gasteiger partial charge in [0.1, 0.15) is 0 Å². The Bertz CT molecular complexity index is 315. The topological polar surface area (TPSA) is 81.7 Å². The van der Waals surface area contributed by atoms with Gasteiger partial charge in [-0.05, 0) is 51.7 Å². The van der Waals surface area contributed by atoms with E-state index in [1.807, 2.05) is 6.92 Å². The Hall–Kier alpha value is -1.30. The lowest BCUT2D eigenvalue weighted by Gasteiger charge is -2.29. The minimum atomic E-state index is -0.759. The molecule has 6 nitrogen and oxygen atoms in total. The van der Waals surface area contributed by atoms with Gasteiger partial charge in [0.25, 0.3) is 0 Å². The largest absolute Gasteiger partial charge is 0.481 e. The summed E-state index contributed by atoms with van der Waals surface area (Å²) in [4.78, 5) is 24.4. The maximum Gasteiger partial charge on any atom is 0.315 e. The van der Waals surface area contributed by atoms with E-state index in [1.165, 1.54) is 0 Å². The second-order valence-corrected chi connectivity index (χ2v) is 5.80. The Balaban J connectivity index is 2.06. The molecule has 0 aliphatic carbocycles. The lowest BCUT2D eigenvalue weighted by Crippen LogP contribution is -2.47. The van der Waals surface area contributed by atoms with Gasteiger partial charge in [-0.1, -0.05) is 6.92 Å². The quantitative estimate of drug-likeness (QED) is 0.658. The molecule has 20 heavy (non-hydrogen) atoms. The summed E-state index contributed by atoms with van der Waals surface area (Å²) < 4.78 is 0. The summed E-state index contributed by atoms with van der Waals surface area (Å²) >= 11 is 0. The van der Waals surface area contributed by atoms with Gasteiger partial charge in [-0.25, -0.2) is 4.79 Å². The number of carboxylic acid groups (broad SMARTS) is 1. The van der Waals surface area contributed by atoms with Crippen LogP contribution in [0, 0.1) is 5.92 Å². The van der Waals surface area contributed by atoms with E-state index in [1.54, 1.807) is 0 Å². The fraction of sp³-hybridized carbons (Fsp3) is 0.857. The summed E-state index contributed by atoms with van der Waals surface area (Å²) in [6.07, 6.45) is 3.67. The molecule has 1 atom stereocenters. The Morgan fingerprint density at radius 3 is 2.55 bits per heavy atom. The van der Waals surface area contributed by atoms with E-state index in [0.717, 1.165) is 32.4 Å². The van der Waals surface area contributed by atoms with Crippen LogP contribution in [-0.2, 0) is 4.79 Å². The van der Waals surface area contributed by atoms with Gasteiger partial charge in [-0.3, -0.25) is 4.79 Å². The van der Waals surface area contributed by atoms with Crippen LogP contribution in [0.3, 0.4) is 0 Å². The number of rotatable bonds is 7. The van der Waals surface area contributed by atoms with Crippen molar-refractivity contribution in [3.63, 3.8) is 0 Å².